The van der Waals surface area contributed by atoms with Crippen molar-refractivity contribution < 1.29 is 26.7 Å². The molecule has 0 bridgehead atoms. The molecule has 3 heterocycles. The summed E-state index contributed by atoms with van der Waals surface area (Å²) in [5, 5.41) is 5.85. The number of aromatic nitrogens is 2. The molecule has 6 nitrogen and oxygen atoms in total. The largest absolute Gasteiger partial charge is 0.416 e. The van der Waals surface area contributed by atoms with E-state index in [9.17, 15) is 17.6 Å². The molecule has 0 saturated carbocycles. The van der Waals surface area contributed by atoms with Crippen LogP contribution in [0.15, 0.2) is 30.6 Å². The van der Waals surface area contributed by atoms with Crippen LogP contribution in [0.5, 0.6) is 0 Å². The van der Waals surface area contributed by atoms with Gasteiger partial charge in [-0.3, -0.25) is 0 Å². The normalized spacial score (nSPS) is 21.4. The summed E-state index contributed by atoms with van der Waals surface area (Å²) in [6.45, 7) is 1.80. The quantitative estimate of drug-likeness (QED) is 0.668. The molecule has 1 aromatic carbocycles. The van der Waals surface area contributed by atoms with Crippen LogP contribution in [0.3, 0.4) is 0 Å². The van der Waals surface area contributed by atoms with Crippen molar-refractivity contribution in [2.45, 2.75) is 30.7 Å². The summed E-state index contributed by atoms with van der Waals surface area (Å²) >= 11 is 0. The van der Waals surface area contributed by atoms with Crippen molar-refractivity contribution in [3.05, 3.63) is 47.5 Å². The maximum absolute atomic E-state index is 15.3. The molecule has 0 aliphatic carbocycles. The van der Waals surface area contributed by atoms with Gasteiger partial charge in [0.15, 0.2) is 11.6 Å². The fourth-order valence-corrected chi connectivity index (χ4v) is 4.01. The van der Waals surface area contributed by atoms with Gasteiger partial charge in [-0.15, -0.1) is 0 Å². The van der Waals surface area contributed by atoms with Crippen LogP contribution < -0.4 is 15.5 Å². The van der Waals surface area contributed by atoms with Crippen LogP contribution in [0.1, 0.15) is 30.0 Å². The highest BCUT2D eigenvalue weighted by Gasteiger charge is 2.34. The van der Waals surface area contributed by atoms with Crippen molar-refractivity contribution in [1.29, 1.82) is 0 Å². The van der Waals surface area contributed by atoms with E-state index in [0.717, 1.165) is 12.1 Å². The number of hydrogen-bond acceptors (Lipinski definition) is 6. The molecule has 0 amide bonds. The summed E-state index contributed by atoms with van der Waals surface area (Å²) in [4.78, 5) is 9.63. The zero-order chi connectivity index (χ0) is 22.8. The molecule has 2 aliphatic heterocycles. The average Bonchev–Trinajstić information content (AvgIpc) is 2.78. The van der Waals surface area contributed by atoms with Crippen LogP contribution in [-0.2, 0) is 10.9 Å². The Morgan fingerprint density at radius 3 is 2.56 bits per heavy atom. The fraction of sp³-hybridized carbons (Fsp3) is 0.524. The van der Waals surface area contributed by atoms with Crippen molar-refractivity contribution in [3.8, 4) is 0 Å². The minimum atomic E-state index is -4.44. The Kier molecular flexibility index (Phi) is 6.47. The number of benzene rings is 1. The van der Waals surface area contributed by atoms with E-state index in [0.29, 0.717) is 38.1 Å². The predicted molar refractivity (Wildman–Crippen MR) is 109 cm³/mol. The van der Waals surface area contributed by atoms with Crippen LogP contribution in [0.2, 0.25) is 0 Å². The molecule has 1 unspecified atom stereocenters. The van der Waals surface area contributed by atoms with Crippen molar-refractivity contribution in [3.63, 3.8) is 0 Å². The third-order valence-electron chi connectivity index (χ3n) is 5.87. The first-order valence-corrected chi connectivity index (χ1v) is 10.4. The van der Waals surface area contributed by atoms with E-state index >= 15 is 4.39 Å². The fourth-order valence-electron chi connectivity index (χ4n) is 4.01. The SMILES string of the molecule is Fc1c(NCC2(F)CCNCC2)ncnc1N1CCOCC1c1ccc(C(F)(F)F)cc1. The molecule has 32 heavy (non-hydrogen) atoms. The minimum absolute atomic E-state index is 0.00563. The van der Waals surface area contributed by atoms with Gasteiger partial charge in [0.1, 0.15) is 12.0 Å². The summed E-state index contributed by atoms with van der Waals surface area (Å²) < 4.78 is 74.3. The lowest BCUT2D eigenvalue weighted by Gasteiger charge is -2.37. The number of rotatable bonds is 5. The predicted octanol–water partition coefficient (Wildman–Crippen LogP) is 3.72. The van der Waals surface area contributed by atoms with E-state index in [-0.39, 0.29) is 31.3 Å². The van der Waals surface area contributed by atoms with Crippen LogP contribution >= 0.6 is 0 Å². The van der Waals surface area contributed by atoms with Gasteiger partial charge in [-0.05, 0) is 43.6 Å². The topological polar surface area (TPSA) is 62.3 Å². The summed E-state index contributed by atoms with van der Waals surface area (Å²) in [7, 11) is 0. The number of ether oxygens (including phenoxy) is 1. The molecule has 2 aliphatic rings. The lowest BCUT2D eigenvalue weighted by Crippen LogP contribution is -2.43. The van der Waals surface area contributed by atoms with Crippen molar-refractivity contribution in [2.24, 2.45) is 0 Å². The van der Waals surface area contributed by atoms with Gasteiger partial charge in [0.2, 0.25) is 5.82 Å². The number of piperidine rings is 1. The molecule has 11 heteroatoms. The Balaban J connectivity index is 1.55. The first kappa shape index (κ1) is 22.7. The molecule has 4 rings (SSSR count). The highest BCUT2D eigenvalue weighted by molar-refractivity contribution is 5.53. The first-order valence-electron chi connectivity index (χ1n) is 10.4. The van der Waals surface area contributed by atoms with E-state index in [1.165, 1.54) is 18.5 Å². The average molecular weight is 457 g/mol. The van der Waals surface area contributed by atoms with Gasteiger partial charge in [-0.2, -0.15) is 17.6 Å². The van der Waals surface area contributed by atoms with Gasteiger partial charge in [-0.1, -0.05) is 12.1 Å². The number of nitrogens with one attached hydrogen (secondary N) is 2. The number of nitrogens with zero attached hydrogens (tertiary/aromatic N) is 3. The number of hydrogen-bond donors (Lipinski definition) is 2. The molecule has 2 fully saturated rings. The summed E-state index contributed by atoms with van der Waals surface area (Å²) in [6, 6.07) is 4.17. The van der Waals surface area contributed by atoms with E-state index < -0.39 is 29.3 Å². The number of anilines is 2. The van der Waals surface area contributed by atoms with Crippen LogP contribution in [-0.4, -0.2) is 55.0 Å². The molecule has 0 spiro atoms. The van der Waals surface area contributed by atoms with Gasteiger partial charge in [0, 0.05) is 6.54 Å². The third kappa shape index (κ3) is 4.93. The van der Waals surface area contributed by atoms with Crippen LogP contribution in [0.25, 0.3) is 0 Å². The minimum Gasteiger partial charge on any atom is -0.377 e. The summed E-state index contributed by atoms with van der Waals surface area (Å²) in [6.07, 6.45) is -2.62. The van der Waals surface area contributed by atoms with Crippen molar-refractivity contribution in [1.82, 2.24) is 15.3 Å². The second-order valence-corrected chi connectivity index (χ2v) is 8.02. The molecular weight excluding hydrogens is 433 g/mol. The van der Waals surface area contributed by atoms with Crippen LogP contribution in [0, 0.1) is 5.82 Å². The van der Waals surface area contributed by atoms with Gasteiger partial charge >= 0.3 is 6.18 Å². The van der Waals surface area contributed by atoms with Gasteiger partial charge in [0.25, 0.3) is 0 Å². The highest BCUT2D eigenvalue weighted by atomic mass is 19.4. The molecule has 2 aromatic rings. The summed E-state index contributed by atoms with van der Waals surface area (Å²) in [5.41, 5.74) is -1.67. The second-order valence-electron chi connectivity index (χ2n) is 8.02. The zero-order valence-corrected chi connectivity index (χ0v) is 17.3. The second kappa shape index (κ2) is 9.14. The Bertz CT molecular complexity index is 918. The molecule has 1 aromatic heterocycles. The maximum Gasteiger partial charge on any atom is 0.416 e. The smallest absolute Gasteiger partial charge is 0.377 e. The molecular formula is C21H24F5N5O. The molecule has 0 radical (unpaired) electrons. The van der Waals surface area contributed by atoms with E-state index in [1.807, 2.05) is 0 Å². The number of halogens is 5. The van der Waals surface area contributed by atoms with E-state index in [1.54, 1.807) is 4.90 Å². The van der Waals surface area contributed by atoms with Gasteiger partial charge in [0.05, 0.1) is 31.4 Å². The maximum atomic E-state index is 15.3. The Morgan fingerprint density at radius 1 is 1.16 bits per heavy atom. The third-order valence-corrected chi connectivity index (χ3v) is 5.87. The van der Waals surface area contributed by atoms with Crippen molar-refractivity contribution >= 4 is 11.6 Å². The van der Waals surface area contributed by atoms with E-state index in [2.05, 4.69) is 20.6 Å². The molecule has 174 valence electrons. The van der Waals surface area contributed by atoms with Crippen molar-refractivity contribution in [2.75, 3.05) is 49.6 Å². The highest BCUT2D eigenvalue weighted by Crippen LogP contribution is 2.34. The molecule has 2 saturated heterocycles. The zero-order valence-electron chi connectivity index (χ0n) is 17.3. The standard InChI is InChI=1S/C21H24F5N5O/c22-17-18(28-12-20(23)5-7-27-8-6-20)29-13-30-19(17)31-9-10-32-11-16(31)14-1-3-15(4-2-14)21(24,25)26/h1-4,13,16,27H,5-12H2,(H,28,29,30). The van der Waals surface area contributed by atoms with Gasteiger partial charge in [-0.25, -0.2) is 14.4 Å². The number of alkyl halides is 4. The van der Waals surface area contributed by atoms with E-state index in [4.69, 9.17) is 4.74 Å². The first-order chi connectivity index (χ1) is 15.3. The van der Waals surface area contributed by atoms with Gasteiger partial charge < -0.3 is 20.3 Å². The monoisotopic (exact) mass is 457 g/mol. The lowest BCUT2D eigenvalue weighted by molar-refractivity contribution is -0.137. The Morgan fingerprint density at radius 2 is 1.88 bits per heavy atom. The molecule has 1 atom stereocenters. The van der Waals surface area contributed by atoms with Crippen LogP contribution in [0.4, 0.5) is 33.6 Å². The Labute approximate surface area is 182 Å². The lowest BCUT2D eigenvalue weighted by atomic mass is 9.94. The number of morpholine rings is 1. The summed E-state index contributed by atoms with van der Waals surface area (Å²) in [5.74, 6) is -0.846. The Hall–Kier alpha value is -2.53. The molecule has 2 N–H and O–H groups in total.